The highest BCUT2D eigenvalue weighted by Gasteiger charge is 2.34. The predicted molar refractivity (Wildman–Crippen MR) is 120 cm³/mol. The average Bonchev–Trinajstić information content (AvgIpc) is 2.69. The summed E-state index contributed by atoms with van der Waals surface area (Å²) < 4.78 is 5.13. The summed E-state index contributed by atoms with van der Waals surface area (Å²) in [5.41, 5.74) is -0.781. The number of aromatic hydroxyl groups is 2. The summed E-state index contributed by atoms with van der Waals surface area (Å²) in [6.45, 7) is 5.65. The lowest BCUT2D eigenvalue weighted by atomic mass is 9.83. The molecule has 0 fully saturated rings. The van der Waals surface area contributed by atoms with Crippen LogP contribution < -0.4 is 10.6 Å². The number of rotatable bonds is 6. The fourth-order valence-electron chi connectivity index (χ4n) is 3.49. The van der Waals surface area contributed by atoms with Gasteiger partial charge in [0.15, 0.2) is 5.78 Å². The molecule has 0 saturated heterocycles. The van der Waals surface area contributed by atoms with Gasteiger partial charge in [0.1, 0.15) is 17.1 Å². The summed E-state index contributed by atoms with van der Waals surface area (Å²) in [6.07, 6.45) is 0.667. The van der Waals surface area contributed by atoms with Gasteiger partial charge in [0, 0.05) is 35.8 Å². The number of hydrogen-bond donors (Lipinski definition) is 4. The van der Waals surface area contributed by atoms with Crippen molar-refractivity contribution >= 4 is 29.3 Å². The third kappa shape index (κ3) is 5.49. The Hall–Kier alpha value is -3.88. The number of ketones is 2. The number of nitrogens with one attached hydrogen (secondary N) is 2. The highest BCUT2D eigenvalue weighted by atomic mass is 16.6. The zero-order valence-electron chi connectivity index (χ0n) is 18.7. The van der Waals surface area contributed by atoms with Gasteiger partial charge < -0.3 is 25.6 Å². The van der Waals surface area contributed by atoms with Gasteiger partial charge in [-0.05, 0) is 45.7 Å². The molecule has 2 amide bonds. The molecule has 174 valence electrons. The van der Waals surface area contributed by atoms with E-state index in [0.717, 1.165) is 0 Å². The van der Waals surface area contributed by atoms with Crippen LogP contribution in [0.2, 0.25) is 0 Å². The fraction of sp³-hybridized carbons (Fsp3) is 0.333. The molecule has 9 heteroatoms. The molecule has 0 saturated carbocycles. The van der Waals surface area contributed by atoms with Gasteiger partial charge in [-0.2, -0.15) is 0 Å². The molecule has 0 spiro atoms. The van der Waals surface area contributed by atoms with E-state index in [1.54, 1.807) is 20.8 Å². The normalized spacial score (nSPS) is 12.6. The van der Waals surface area contributed by atoms with Gasteiger partial charge in [0.05, 0.1) is 11.1 Å². The maximum Gasteiger partial charge on any atom is 0.407 e. The van der Waals surface area contributed by atoms with Gasteiger partial charge in [0.2, 0.25) is 11.7 Å². The molecule has 1 aliphatic rings. The van der Waals surface area contributed by atoms with E-state index in [2.05, 4.69) is 10.6 Å². The van der Waals surface area contributed by atoms with E-state index in [1.807, 2.05) is 0 Å². The number of carbonyl (C=O) groups is 4. The number of amides is 2. The number of benzene rings is 2. The lowest BCUT2D eigenvalue weighted by Crippen LogP contribution is -2.33. The van der Waals surface area contributed by atoms with Crippen molar-refractivity contribution in [1.82, 2.24) is 5.32 Å². The Balaban J connectivity index is 1.60. The topological polar surface area (TPSA) is 142 Å². The Morgan fingerprint density at radius 3 is 2.33 bits per heavy atom. The molecular formula is C24H26N2O7. The molecule has 9 nitrogen and oxygen atoms in total. The molecule has 0 heterocycles. The molecular weight excluding hydrogens is 428 g/mol. The number of phenolic OH excluding ortho intramolecular Hbond substituents is 2. The molecule has 33 heavy (non-hydrogen) atoms. The van der Waals surface area contributed by atoms with Crippen molar-refractivity contribution in [3.63, 3.8) is 0 Å². The molecule has 3 rings (SSSR count). The predicted octanol–water partition coefficient (Wildman–Crippen LogP) is 3.51. The van der Waals surface area contributed by atoms with Gasteiger partial charge in [-0.3, -0.25) is 14.4 Å². The van der Waals surface area contributed by atoms with Crippen LogP contribution in [-0.4, -0.2) is 45.9 Å². The Morgan fingerprint density at radius 1 is 0.939 bits per heavy atom. The fourth-order valence-corrected chi connectivity index (χ4v) is 3.49. The van der Waals surface area contributed by atoms with Crippen LogP contribution in [0.3, 0.4) is 0 Å². The van der Waals surface area contributed by atoms with Crippen LogP contribution in [-0.2, 0) is 9.53 Å². The second-order valence-corrected chi connectivity index (χ2v) is 8.71. The average molecular weight is 454 g/mol. The smallest absolute Gasteiger partial charge is 0.407 e. The van der Waals surface area contributed by atoms with Crippen LogP contribution in [0, 0.1) is 0 Å². The van der Waals surface area contributed by atoms with Crippen molar-refractivity contribution in [2.45, 2.75) is 45.6 Å². The van der Waals surface area contributed by atoms with Crippen molar-refractivity contribution < 1.29 is 34.1 Å². The molecule has 0 radical (unpaired) electrons. The zero-order chi connectivity index (χ0) is 24.3. The molecule has 4 N–H and O–H groups in total. The summed E-state index contributed by atoms with van der Waals surface area (Å²) in [5.74, 6) is -2.34. The quantitative estimate of drug-likeness (QED) is 0.418. The molecule has 0 bridgehead atoms. The Labute approximate surface area is 190 Å². The van der Waals surface area contributed by atoms with Crippen molar-refractivity contribution in [2.24, 2.45) is 0 Å². The number of hydrogen-bond acceptors (Lipinski definition) is 7. The first-order valence-corrected chi connectivity index (χ1v) is 10.5. The number of carbonyl (C=O) groups excluding carboxylic acids is 4. The van der Waals surface area contributed by atoms with Gasteiger partial charge in [-0.1, -0.05) is 12.1 Å². The van der Waals surface area contributed by atoms with Crippen LogP contribution in [0.25, 0.3) is 0 Å². The molecule has 2 aromatic carbocycles. The largest absolute Gasteiger partial charge is 0.507 e. The van der Waals surface area contributed by atoms with E-state index >= 15 is 0 Å². The zero-order valence-corrected chi connectivity index (χ0v) is 18.7. The monoisotopic (exact) mass is 454 g/mol. The van der Waals surface area contributed by atoms with E-state index in [-0.39, 0.29) is 46.0 Å². The summed E-state index contributed by atoms with van der Waals surface area (Å²) in [6, 6.07) is 6.70. The number of alkyl carbamates (subject to hydrolysis) is 1. The molecule has 0 aromatic heterocycles. The van der Waals surface area contributed by atoms with E-state index in [4.69, 9.17) is 4.74 Å². The van der Waals surface area contributed by atoms with Crippen molar-refractivity contribution in [3.8, 4) is 11.5 Å². The van der Waals surface area contributed by atoms with E-state index in [9.17, 15) is 29.4 Å². The summed E-state index contributed by atoms with van der Waals surface area (Å²) in [4.78, 5) is 49.5. The van der Waals surface area contributed by atoms with Crippen molar-refractivity contribution in [1.29, 1.82) is 0 Å². The highest BCUT2D eigenvalue weighted by Crippen LogP contribution is 2.38. The van der Waals surface area contributed by atoms with E-state index in [1.165, 1.54) is 30.3 Å². The van der Waals surface area contributed by atoms with Gasteiger partial charge >= 0.3 is 6.09 Å². The molecule has 0 atom stereocenters. The molecule has 2 aromatic rings. The number of unbranched alkanes of at least 4 members (excludes halogenated alkanes) is 1. The molecule has 0 unspecified atom stereocenters. The van der Waals surface area contributed by atoms with Crippen LogP contribution in [0.5, 0.6) is 11.5 Å². The first-order valence-electron chi connectivity index (χ1n) is 10.5. The van der Waals surface area contributed by atoms with Crippen LogP contribution in [0.4, 0.5) is 10.5 Å². The van der Waals surface area contributed by atoms with Crippen molar-refractivity contribution in [2.75, 3.05) is 11.9 Å². The Kier molecular flexibility index (Phi) is 6.71. The van der Waals surface area contributed by atoms with Crippen LogP contribution >= 0.6 is 0 Å². The minimum Gasteiger partial charge on any atom is -0.507 e. The third-order valence-electron chi connectivity index (χ3n) is 4.89. The van der Waals surface area contributed by atoms with Crippen LogP contribution in [0.1, 0.15) is 71.9 Å². The highest BCUT2D eigenvalue weighted by molar-refractivity contribution is 6.30. The lowest BCUT2D eigenvalue weighted by Gasteiger charge is -2.20. The van der Waals surface area contributed by atoms with Gasteiger partial charge in [0.25, 0.3) is 0 Å². The number of phenols is 2. The van der Waals surface area contributed by atoms with Crippen molar-refractivity contribution in [3.05, 3.63) is 52.6 Å². The standard InChI is InChI=1S/C24H26N2O7/c1-24(2,3)33-23(32)25-10-5-4-9-18(29)26-13-11-15-20(17(28)12-13)22(31)19-14(21(15)30)7-6-8-16(19)27/h6-8,11-12,27-28H,4-5,9-10H2,1-3H3,(H,25,32)(H,26,29). The minimum absolute atomic E-state index is 0.0351. The second kappa shape index (κ2) is 9.32. The SMILES string of the molecule is CC(C)(C)OC(=O)NCCCCC(=O)Nc1cc(O)c2c(c1)C(=O)c1cccc(O)c1C2=O. The Morgan fingerprint density at radius 2 is 1.64 bits per heavy atom. The first kappa shape index (κ1) is 23.8. The van der Waals surface area contributed by atoms with E-state index in [0.29, 0.717) is 19.4 Å². The summed E-state index contributed by atoms with van der Waals surface area (Å²) in [5, 5.41) is 25.6. The van der Waals surface area contributed by atoms with Crippen LogP contribution in [0.15, 0.2) is 30.3 Å². The lowest BCUT2D eigenvalue weighted by molar-refractivity contribution is -0.116. The van der Waals surface area contributed by atoms with E-state index < -0.39 is 29.0 Å². The second-order valence-electron chi connectivity index (χ2n) is 8.71. The molecule has 1 aliphatic carbocycles. The minimum atomic E-state index is -0.662. The first-order chi connectivity index (χ1) is 15.5. The molecule has 0 aliphatic heterocycles. The number of ether oxygens (including phenoxy) is 1. The maximum atomic E-state index is 12.8. The van der Waals surface area contributed by atoms with Gasteiger partial charge in [-0.25, -0.2) is 4.79 Å². The number of fused-ring (bicyclic) bond motifs is 2. The number of anilines is 1. The summed E-state index contributed by atoms with van der Waals surface area (Å²) >= 11 is 0. The van der Waals surface area contributed by atoms with Gasteiger partial charge in [-0.15, -0.1) is 0 Å². The summed E-state index contributed by atoms with van der Waals surface area (Å²) in [7, 11) is 0. The third-order valence-corrected chi connectivity index (χ3v) is 4.89. The Bertz CT molecular complexity index is 1130. The maximum absolute atomic E-state index is 12.8.